The summed E-state index contributed by atoms with van der Waals surface area (Å²) in [6.45, 7) is 11.7. The molecule has 2 heterocycles. The topological polar surface area (TPSA) is 88.5 Å². The molecule has 1 amide bonds. The van der Waals surface area contributed by atoms with Crippen LogP contribution in [0.15, 0.2) is 77.7 Å². The third-order valence-corrected chi connectivity index (χ3v) is 7.65. The fraction of sp³-hybridized carbons (Fsp3) is 0.324. The van der Waals surface area contributed by atoms with Crippen LogP contribution in [0, 0.1) is 6.92 Å². The predicted octanol–water partition coefficient (Wildman–Crippen LogP) is 5.88. The van der Waals surface area contributed by atoms with Crippen LogP contribution in [0.3, 0.4) is 0 Å². The second kappa shape index (κ2) is 12.2. The lowest BCUT2D eigenvalue weighted by Gasteiger charge is -2.26. The van der Waals surface area contributed by atoms with Gasteiger partial charge in [-0.25, -0.2) is 4.98 Å². The van der Waals surface area contributed by atoms with Crippen LogP contribution in [-0.4, -0.2) is 46.7 Å². The average molecular weight is 566 g/mol. The van der Waals surface area contributed by atoms with Crippen molar-refractivity contribution in [1.82, 2.24) is 14.5 Å². The Bertz CT molecular complexity index is 1630. The number of anilines is 3. The molecular formula is C34H39N5O3. The fourth-order valence-electron chi connectivity index (χ4n) is 5.05. The van der Waals surface area contributed by atoms with Gasteiger partial charge in [0.1, 0.15) is 0 Å². The molecule has 0 aliphatic carbocycles. The van der Waals surface area contributed by atoms with Gasteiger partial charge in [-0.15, -0.1) is 0 Å². The number of benzene rings is 3. The lowest BCUT2D eigenvalue weighted by Crippen LogP contribution is -2.40. The summed E-state index contributed by atoms with van der Waals surface area (Å²) in [5.41, 5.74) is 7.35. The van der Waals surface area contributed by atoms with E-state index in [9.17, 15) is 9.59 Å². The SMILES string of the molecule is Cc1c(NCc2cccc(C(C)(C)C)c2)cccc1-c1cn(C)c(=O)c(Nc2ccc(C(=O)N3CCOCC3)cc2)n1. The van der Waals surface area contributed by atoms with E-state index in [0.717, 1.165) is 16.8 Å². The summed E-state index contributed by atoms with van der Waals surface area (Å²) in [6.07, 6.45) is 1.76. The largest absolute Gasteiger partial charge is 0.381 e. The summed E-state index contributed by atoms with van der Waals surface area (Å²) in [7, 11) is 1.72. The number of aryl methyl sites for hydroxylation is 1. The van der Waals surface area contributed by atoms with Crippen molar-refractivity contribution in [3.05, 3.63) is 106 Å². The Morgan fingerprint density at radius 3 is 2.43 bits per heavy atom. The molecule has 1 aliphatic heterocycles. The van der Waals surface area contributed by atoms with Gasteiger partial charge in [0.15, 0.2) is 5.82 Å². The summed E-state index contributed by atoms with van der Waals surface area (Å²) in [5, 5.41) is 6.75. The molecule has 0 unspecified atom stereocenters. The molecule has 8 nitrogen and oxygen atoms in total. The zero-order valence-electron chi connectivity index (χ0n) is 25.0. The Kier molecular flexibility index (Phi) is 8.45. The summed E-state index contributed by atoms with van der Waals surface area (Å²) < 4.78 is 6.89. The highest BCUT2D eigenvalue weighted by molar-refractivity contribution is 5.94. The molecular weight excluding hydrogens is 526 g/mol. The van der Waals surface area contributed by atoms with Crippen LogP contribution in [0.5, 0.6) is 0 Å². The molecule has 0 saturated carbocycles. The first-order chi connectivity index (χ1) is 20.1. The molecule has 1 saturated heterocycles. The molecule has 2 N–H and O–H groups in total. The van der Waals surface area contributed by atoms with Gasteiger partial charge in [0.2, 0.25) is 0 Å². The van der Waals surface area contributed by atoms with E-state index in [1.165, 1.54) is 11.1 Å². The smallest absolute Gasteiger partial charge is 0.293 e. The second-order valence-corrected chi connectivity index (χ2v) is 11.8. The summed E-state index contributed by atoms with van der Waals surface area (Å²) in [6, 6.07) is 21.9. The van der Waals surface area contributed by atoms with Gasteiger partial charge in [0.05, 0.1) is 18.9 Å². The van der Waals surface area contributed by atoms with Crippen molar-refractivity contribution in [3.8, 4) is 11.3 Å². The maximum atomic E-state index is 13.0. The molecule has 218 valence electrons. The number of aromatic nitrogens is 2. The highest BCUT2D eigenvalue weighted by Crippen LogP contribution is 2.29. The zero-order chi connectivity index (χ0) is 29.9. The second-order valence-electron chi connectivity index (χ2n) is 11.8. The van der Waals surface area contributed by atoms with Crippen molar-refractivity contribution in [2.24, 2.45) is 7.05 Å². The number of nitrogens with one attached hydrogen (secondary N) is 2. The van der Waals surface area contributed by atoms with Gasteiger partial charge in [-0.05, 0) is 59.4 Å². The molecule has 3 aromatic carbocycles. The van der Waals surface area contributed by atoms with E-state index >= 15 is 0 Å². The van der Waals surface area contributed by atoms with Crippen LogP contribution in [0.1, 0.15) is 47.8 Å². The number of carbonyl (C=O) groups excluding carboxylic acids is 1. The van der Waals surface area contributed by atoms with Crippen LogP contribution in [-0.2, 0) is 23.7 Å². The van der Waals surface area contributed by atoms with Gasteiger partial charge < -0.3 is 24.8 Å². The van der Waals surface area contributed by atoms with Gasteiger partial charge in [0.25, 0.3) is 11.5 Å². The van der Waals surface area contributed by atoms with Crippen LogP contribution < -0.4 is 16.2 Å². The molecule has 5 rings (SSSR count). The highest BCUT2D eigenvalue weighted by Gasteiger charge is 2.19. The number of rotatable bonds is 7. The normalized spacial score (nSPS) is 13.6. The fourth-order valence-corrected chi connectivity index (χ4v) is 5.05. The van der Waals surface area contributed by atoms with E-state index in [4.69, 9.17) is 9.72 Å². The molecule has 1 fully saturated rings. The number of ether oxygens (including phenoxy) is 1. The maximum Gasteiger partial charge on any atom is 0.293 e. The minimum atomic E-state index is -0.238. The molecule has 42 heavy (non-hydrogen) atoms. The van der Waals surface area contributed by atoms with Crippen LogP contribution >= 0.6 is 0 Å². The van der Waals surface area contributed by atoms with E-state index in [1.54, 1.807) is 47.0 Å². The summed E-state index contributed by atoms with van der Waals surface area (Å²) >= 11 is 0. The van der Waals surface area contributed by atoms with Crippen LogP contribution in [0.2, 0.25) is 0 Å². The van der Waals surface area contributed by atoms with Crippen molar-refractivity contribution < 1.29 is 9.53 Å². The number of hydrogen-bond acceptors (Lipinski definition) is 6. The Morgan fingerprint density at radius 2 is 1.71 bits per heavy atom. The highest BCUT2D eigenvalue weighted by atomic mass is 16.5. The van der Waals surface area contributed by atoms with Gasteiger partial charge >= 0.3 is 0 Å². The number of morpholine rings is 1. The summed E-state index contributed by atoms with van der Waals surface area (Å²) in [4.78, 5) is 32.3. The first-order valence-electron chi connectivity index (χ1n) is 14.4. The van der Waals surface area contributed by atoms with E-state index in [2.05, 4.69) is 68.7 Å². The van der Waals surface area contributed by atoms with Crippen molar-refractivity contribution in [1.29, 1.82) is 0 Å². The molecule has 0 spiro atoms. The van der Waals surface area contributed by atoms with E-state index in [0.29, 0.717) is 49.8 Å². The van der Waals surface area contributed by atoms with E-state index in [-0.39, 0.29) is 22.7 Å². The molecule has 0 bridgehead atoms. The van der Waals surface area contributed by atoms with Gasteiger partial charge in [-0.3, -0.25) is 9.59 Å². The standard InChI is InChI=1S/C34H39N5O3/c1-23-28(10-7-11-29(23)35-21-24-8-6-9-26(20-24)34(2,3)4)30-22-38(5)33(41)31(37-30)36-27-14-12-25(13-15-27)32(40)39-16-18-42-19-17-39/h6-15,20,22,35H,16-19,21H2,1-5H3,(H,36,37). The Morgan fingerprint density at radius 1 is 1.00 bits per heavy atom. The van der Waals surface area contributed by atoms with Gasteiger partial charge in [-0.2, -0.15) is 0 Å². The number of carbonyl (C=O) groups is 1. The molecule has 0 atom stereocenters. The quantitative estimate of drug-likeness (QED) is 0.291. The van der Waals surface area contributed by atoms with Crippen LogP contribution in [0.4, 0.5) is 17.2 Å². The molecule has 8 heteroatoms. The Labute approximate surface area is 247 Å². The van der Waals surface area contributed by atoms with Crippen LogP contribution in [0.25, 0.3) is 11.3 Å². The minimum absolute atomic E-state index is 0.0215. The average Bonchev–Trinajstić information content (AvgIpc) is 2.99. The molecule has 4 aromatic rings. The van der Waals surface area contributed by atoms with Gasteiger partial charge in [0, 0.05) is 55.4 Å². The third kappa shape index (κ3) is 6.55. The van der Waals surface area contributed by atoms with Crippen molar-refractivity contribution in [2.45, 2.75) is 39.7 Å². The molecule has 1 aliphatic rings. The Balaban J connectivity index is 1.34. The minimum Gasteiger partial charge on any atom is -0.381 e. The molecule has 0 radical (unpaired) electrons. The Hall–Kier alpha value is -4.43. The first-order valence-corrected chi connectivity index (χ1v) is 14.4. The third-order valence-electron chi connectivity index (χ3n) is 7.65. The number of amides is 1. The lowest BCUT2D eigenvalue weighted by atomic mass is 9.86. The predicted molar refractivity (Wildman–Crippen MR) is 169 cm³/mol. The van der Waals surface area contributed by atoms with Crippen molar-refractivity contribution in [3.63, 3.8) is 0 Å². The number of hydrogen-bond donors (Lipinski definition) is 2. The van der Waals surface area contributed by atoms with E-state index in [1.807, 2.05) is 12.1 Å². The lowest BCUT2D eigenvalue weighted by molar-refractivity contribution is 0.0303. The van der Waals surface area contributed by atoms with E-state index < -0.39 is 0 Å². The van der Waals surface area contributed by atoms with Gasteiger partial charge in [-0.1, -0.05) is 57.2 Å². The number of nitrogens with zero attached hydrogens (tertiary/aromatic N) is 3. The monoisotopic (exact) mass is 565 g/mol. The maximum absolute atomic E-state index is 13.0. The molecule has 1 aromatic heterocycles. The summed E-state index contributed by atoms with van der Waals surface area (Å²) in [5.74, 6) is 0.200. The van der Waals surface area contributed by atoms with Crippen molar-refractivity contribution >= 4 is 23.1 Å². The zero-order valence-corrected chi connectivity index (χ0v) is 25.0. The van der Waals surface area contributed by atoms with Crippen molar-refractivity contribution in [2.75, 3.05) is 36.9 Å². The first kappa shape index (κ1) is 29.1.